The van der Waals surface area contributed by atoms with Gasteiger partial charge in [0.25, 0.3) is 0 Å². The number of nitrogens with zero attached hydrogens (tertiary/aromatic N) is 2. The molecular weight excluding hydrogens is 218 g/mol. The van der Waals surface area contributed by atoms with Gasteiger partial charge in [-0.2, -0.15) is 4.98 Å². The Morgan fingerprint density at radius 3 is 2.76 bits per heavy atom. The lowest BCUT2D eigenvalue weighted by atomic mass is 10.2. The van der Waals surface area contributed by atoms with Crippen molar-refractivity contribution in [1.29, 1.82) is 0 Å². The van der Waals surface area contributed by atoms with Crippen LogP contribution in [0.1, 0.15) is 19.3 Å². The van der Waals surface area contributed by atoms with Gasteiger partial charge in [0, 0.05) is 26.3 Å². The predicted molar refractivity (Wildman–Crippen MR) is 69.4 cm³/mol. The van der Waals surface area contributed by atoms with Crippen molar-refractivity contribution in [2.24, 2.45) is 0 Å². The highest BCUT2D eigenvalue weighted by atomic mass is 16.5. The highest BCUT2D eigenvalue weighted by Crippen LogP contribution is 2.22. The molecule has 5 heteroatoms. The van der Waals surface area contributed by atoms with E-state index in [2.05, 4.69) is 4.98 Å². The van der Waals surface area contributed by atoms with Gasteiger partial charge in [0.1, 0.15) is 0 Å². The van der Waals surface area contributed by atoms with Gasteiger partial charge in [-0.05, 0) is 25.3 Å². The molecule has 0 radical (unpaired) electrons. The maximum absolute atomic E-state index is 8.70. The van der Waals surface area contributed by atoms with Crippen LogP contribution in [0, 0.1) is 0 Å². The van der Waals surface area contributed by atoms with Gasteiger partial charge in [-0.1, -0.05) is 0 Å². The normalized spacial score (nSPS) is 10.3. The van der Waals surface area contributed by atoms with Gasteiger partial charge in [-0.3, -0.25) is 0 Å². The van der Waals surface area contributed by atoms with Gasteiger partial charge in [-0.25, -0.2) is 0 Å². The zero-order valence-electron chi connectivity index (χ0n) is 10.5. The van der Waals surface area contributed by atoms with Crippen molar-refractivity contribution in [2.75, 3.05) is 37.9 Å². The zero-order valence-corrected chi connectivity index (χ0v) is 10.5. The Bertz CT molecular complexity index is 345. The zero-order chi connectivity index (χ0) is 12.7. The van der Waals surface area contributed by atoms with Crippen LogP contribution in [0.15, 0.2) is 12.1 Å². The molecule has 0 amide bonds. The number of ether oxygens (including phenoxy) is 1. The fraction of sp³-hybridized carbons (Fsp3) is 0.583. The van der Waals surface area contributed by atoms with Crippen LogP contribution in [0.3, 0.4) is 0 Å². The van der Waals surface area contributed by atoms with Crippen molar-refractivity contribution in [3.8, 4) is 5.88 Å². The van der Waals surface area contributed by atoms with Crippen molar-refractivity contribution in [2.45, 2.75) is 19.3 Å². The molecule has 0 aliphatic rings. The number of hydrogen-bond acceptors (Lipinski definition) is 5. The standard InChI is InChI=1S/C12H21N3O2/c1-15(8-4-3-5-9-16)12-10(13)6-7-11(14-12)17-2/h6-7,16H,3-5,8-9,13H2,1-2H3. The molecule has 1 aromatic rings. The average molecular weight is 239 g/mol. The summed E-state index contributed by atoms with van der Waals surface area (Å²) in [5.74, 6) is 1.31. The summed E-state index contributed by atoms with van der Waals surface area (Å²) >= 11 is 0. The first kappa shape index (κ1) is 13.6. The van der Waals surface area contributed by atoms with Crippen molar-refractivity contribution in [3.63, 3.8) is 0 Å². The number of aromatic nitrogens is 1. The highest BCUT2D eigenvalue weighted by Gasteiger charge is 2.08. The minimum absolute atomic E-state index is 0.253. The number of pyridine rings is 1. The molecule has 0 bridgehead atoms. The molecule has 1 rings (SSSR count). The van der Waals surface area contributed by atoms with Crippen LogP contribution in [-0.2, 0) is 0 Å². The minimum Gasteiger partial charge on any atom is -0.481 e. The first-order chi connectivity index (χ1) is 8.19. The molecule has 3 N–H and O–H groups in total. The summed E-state index contributed by atoms with van der Waals surface area (Å²) in [6.07, 6.45) is 2.86. The molecule has 0 atom stereocenters. The molecule has 0 fully saturated rings. The maximum atomic E-state index is 8.70. The van der Waals surface area contributed by atoms with Gasteiger partial charge in [0.2, 0.25) is 5.88 Å². The van der Waals surface area contributed by atoms with Crippen molar-refractivity contribution in [1.82, 2.24) is 4.98 Å². The molecule has 17 heavy (non-hydrogen) atoms. The lowest BCUT2D eigenvalue weighted by molar-refractivity contribution is 0.283. The van der Waals surface area contributed by atoms with Crippen LogP contribution in [-0.4, -0.2) is 37.4 Å². The number of nitrogens with two attached hydrogens (primary N) is 1. The third kappa shape index (κ3) is 4.11. The van der Waals surface area contributed by atoms with Crippen LogP contribution >= 0.6 is 0 Å². The Hall–Kier alpha value is -1.49. The van der Waals surface area contributed by atoms with E-state index in [1.807, 2.05) is 11.9 Å². The molecule has 1 aromatic heterocycles. The number of aliphatic hydroxyl groups is 1. The predicted octanol–water partition coefficient (Wildman–Crippen LogP) is 1.27. The van der Waals surface area contributed by atoms with Gasteiger partial charge in [-0.15, -0.1) is 0 Å². The van der Waals surface area contributed by atoms with Crippen LogP contribution in [0.5, 0.6) is 5.88 Å². The molecule has 0 saturated heterocycles. The number of nitrogen functional groups attached to an aromatic ring is 1. The molecule has 5 nitrogen and oxygen atoms in total. The Kier molecular flexibility index (Phi) is 5.56. The van der Waals surface area contributed by atoms with E-state index >= 15 is 0 Å². The minimum atomic E-state index is 0.253. The van der Waals surface area contributed by atoms with E-state index in [-0.39, 0.29) is 6.61 Å². The largest absolute Gasteiger partial charge is 0.481 e. The number of anilines is 2. The smallest absolute Gasteiger partial charge is 0.215 e. The van der Waals surface area contributed by atoms with E-state index in [9.17, 15) is 0 Å². The lowest BCUT2D eigenvalue weighted by Crippen LogP contribution is -2.21. The van der Waals surface area contributed by atoms with E-state index in [1.165, 1.54) is 0 Å². The Balaban J connectivity index is 2.57. The third-order valence-electron chi connectivity index (χ3n) is 2.60. The second-order valence-electron chi connectivity index (χ2n) is 3.97. The highest BCUT2D eigenvalue weighted by molar-refractivity contribution is 5.63. The molecular formula is C12H21N3O2. The van der Waals surface area contributed by atoms with Crippen LogP contribution in [0.4, 0.5) is 11.5 Å². The molecule has 0 unspecified atom stereocenters. The molecule has 0 aliphatic carbocycles. The first-order valence-corrected chi connectivity index (χ1v) is 5.81. The van der Waals surface area contributed by atoms with E-state index in [1.54, 1.807) is 19.2 Å². The Morgan fingerprint density at radius 1 is 1.35 bits per heavy atom. The monoisotopic (exact) mass is 239 g/mol. The summed E-state index contributed by atoms with van der Waals surface area (Å²) in [7, 11) is 3.54. The van der Waals surface area contributed by atoms with E-state index < -0.39 is 0 Å². The van der Waals surface area contributed by atoms with Crippen molar-refractivity contribution < 1.29 is 9.84 Å². The summed E-state index contributed by atoms with van der Waals surface area (Å²) in [6.45, 7) is 1.12. The molecule has 0 aliphatic heterocycles. The summed E-state index contributed by atoms with van der Waals surface area (Å²) in [4.78, 5) is 6.33. The maximum Gasteiger partial charge on any atom is 0.215 e. The average Bonchev–Trinajstić information content (AvgIpc) is 2.35. The number of unbranched alkanes of at least 4 members (excludes halogenated alkanes) is 2. The number of aliphatic hydroxyl groups excluding tert-OH is 1. The molecule has 0 aromatic carbocycles. The lowest BCUT2D eigenvalue weighted by Gasteiger charge is -2.20. The van der Waals surface area contributed by atoms with Gasteiger partial charge in [0.05, 0.1) is 12.8 Å². The molecule has 1 heterocycles. The van der Waals surface area contributed by atoms with E-state index in [4.69, 9.17) is 15.6 Å². The topological polar surface area (TPSA) is 71.6 Å². The Morgan fingerprint density at radius 2 is 2.12 bits per heavy atom. The van der Waals surface area contributed by atoms with Crippen LogP contribution in [0.25, 0.3) is 0 Å². The molecule has 96 valence electrons. The SMILES string of the molecule is COc1ccc(N)c(N(C)CCCCCO)n1. The summed E-state index contributed by atoms with van der Waals surface area (Å²) in [6, 6.07) is 3.55. The molecule has 0 spiro atoms. The van der Waals surface area contributed by atoms with Crippen LogP contribution in [0.2, 0.25) is 0 Å². The van der Waals surface area contributed by atoms with Gasteiger partial charge < -0.3 is 20.5 Å². The second-order valence-corrected chi connectivity index (χ2v) is 3.97. The number of rotatable bonds is 7. The summed E-state index contributed by atoms with van der Waals surface area (Å²) in [5, 5.41) is 8.70. The van der Waals surface area contributed by atoms with E-state index in [0.717, 1.165) is 31.6 Å². The Labute approximate surface area is 102 Å². The first-order valence-electron chi connectivity index (χ1n) is 5.81. The number of methoxy groups -OCH3 is 1. The fourth-order valence-electron chi connectivity index (χ4n) is 1.60. The second kappa shape index (κ2) is 6.96. The fourth-order valence-corrected chi connectivity index (χ4v) is 1.60. The van der Waals surface area contributed by atoms with Crippen molar-refractivity contribution in [3.05, 3.63) is 12.1 Å². The van der Waals surface area contributed by atoms with E-state index in [0.29, 0.717) is 11.6 Å². The molecule has 0 saturated carbocycles. The van der Waals surface area contributed by atoms with Gasteiger partial charge in [0.15, 0.2) is 5.82 Å². The van der Waals surface area contributed by atoms with Gasteiger partial charge >= 0.3 is 0 Å². The summed E-state index contributed by atoms with van der Waals surface area (Å²) in [5.41, 5.74) is 6.52. The van der Waals surface area contributed by atoms with Crippen molar-refractivity contribution >= 4 is 11.5 Å². The summed E-state index contributed by atoms with van der Waals surface area (Å²) < 4.78 is 5.08. The third-order valence-corrected chi connectivity index (χ3v) is 2.60. The quantitative estimate of drug-likeness (QED) is 0.701. The van der Waals surface area contributed by atoms with Crippen LogP contribution < -0.4 is 15.4 Å². The number of hydrogen-bond donors (Lipinski definition) is 2.